The van der Waals surface area contributed by atoms with E-state index in [0.717, 1.165) is 13.1 Å². The van der Waals surface area contributed by atoms with Gasteiger partial charge in [0.1, 0.15) is 5.76 Å². The van der Waals surface area contributed by atoms with Crippen molar-refractivity contribution >= 4 is 5.91 Å². The van der Waals surface area contributed by atoms with E-state index >= 15 is 0 Å². The molecule has 1 N–H and O–H groups in total. The molecule has 0 radical (unpaired) electrons. The molecule has 0 saturated carbocycles. The first-order chi connectivity index (χ1) is 11.5. The fourth-order valence-corrected chi connectivity index (χ4v) is 3.30. The number of amides is 1. The Labute approximate surface area is 142 Å². The van der Waals surface area contributed by atoms with Crippen molar-refractivity contribution < 1.29 is 14.3 Å². The van der Waals surface area contributed by atoms with Crippen LogP contribution in [0.5, 0.6) is 0 Å². The van der Waals surface area contributed by atoms with E-state index in [9.17, 15) is 9.90 Å². The fourth-order valence-electron chi connectivity index (χ4n) is 3.30. The summed E-state index contributed by atoms with van der Waals surface area (Å²) in [6.07, 6.45) is 0.661. The van der Waals surface area contributed by atoms with E-state index in [1.165, 1.54) is 5.56 Å². The maximum absolute atomic E-state index is 12.4. The SMILES string of the molecule is Cc1ccc(C(=O)N(C)CC2(O)CCN(Cc3ccccc3)C2)o1. The van der Waals surface area contributed by atoms with E-state index < -0.39 is 5.60 Å². The molecule has 1 aromatic heterocycles. The van der Waals surface area contributed by atoms with Crippen LogP contribution in [0.2, 0.25) is 0 Å². The van der Waals surface area contributed by atoms with Crippen LogP contribution >= 0.6 is 0 Å². The summed E-state index contributed by atoms with van der Waals surface area (Å²) in [4.78, 5) is 16.1. The van der Waals surface area contributed by atoms with Gasteiger partial charge in [0.15, 0.2) is 5.76 Å². The molecule has 1 atom stereocenters. The number of benzene rings is 1. The normalized spacial score (nSPS) is 21.1. The lowest BCUT2D eigenvalue weighted by molar-refractivity contribution is 0.0159. The summed E-state index contributed by atoms with van der Waals surface area (Å²) in [5.41, 5.74) is 0.359. The summed E-state index contributed by atoms with van der Waals surface area (Å²) in [6, 6.07) is 13.7. The average Bonchev–Trinajstić information content (AvgIpc) is 3.14. The molecule has 1 amide bonds. The Hall–Kier alpha value is -2.11. The van der Waals surface area contributed by atoms with Crippen LogP contribution in [0.4, 0.5) is 0 Å². The molecular weight excluding hydrogens is 304 g/mol. The number of likely N-dealkylation sites (tertiary alicyclic amines) is 1. The Morgan fingerprint density at radius 3 is 2.71 bits per heavy atom. The van der Waals surface area contributed by atoms with Crippen molar-refractivity contribution in [3.8, 4) is 0 Å². The van der Waals surface area contributed by atoms with Crippen LogP contribution in [0.25, 0.3) is 0 Å². The number of nitrogens with zero attached hydrogens (tertiary/aromatic N) is 2. The number of rotatable bonds is 5. The summed E-state index contributed by atoms with van der Waals surface area (Å²) in [5.74, 6) is 0.830. The lowest BCUT2D eigenvalue weighted by Gasteiger charge is -2.28. The van der Waals surface area contributed by atoms with Gasteiger partial charge in [0.2, 0.25) is 0 Å². The highest BCUT2D eigenvalue weighted by atomic mass is 16.4. The lowest BCUT2D eigenvalue weighted by Crippen LogP contribution is -2.45. The number of furan rings is 1. The van der Waals surface area contributed by atoms with Crippen molar-refractivity contribution in [2.45, 2.75) is 25.5 Å². The Morgan fingerprint density at radius 1 is 1.29 bits per heavy atom. The zero-order chi connectivity index (χ0) is 17.2. The molecule has 0 spiro atoms. The highest BCUT2D eigenvalue weighted by molar-refractivity contribution is 5.91. The number of aryl methyl sites for hydroxylation is 1. The van der Waals surface area contributed by atoms with Gasteiger partial charge in [-0.05, 0) is 31.0 Å². The molecule has 1 saturated heterocycles. The summed E-state index contributed by atoms with van der Waals surface area (Å²) < 4.78 is 5.38. The van der Waals surface area contributed by atoms with Gasteiger partial charge >= 0.3 is 0 Å². The number of hydrogen-bond acceptors (Lipinski definition) is 4. The first kappa shape index (κ1) is 16.7. The Morgan fingerprint density at radius 2 is 2.04 bits per heavy atom. The first-order valence-corrected chi connectivity index (χ1v) is 8.26. The van der Waals surface area contributed by atoms with Crippen molar-refractivity contribution in [1.82, 2.24) is 9.80 Å². The molecule has 3 rings (SSSR count). The van der Waals surface area contributed by atoms with Crippen LogP contribution in [0, 0.1) is 6.92 Å². The van der Waals surface area contributed by atoms with E-state index in [1.807, 2.05) is 25.1 Å². The maximum Gasteiger partial charge on any atom is 0.289 e. The number of likely N-dealkylation sites (N-methyl/N-ethyl adjacent to an activating group) is 1. The Bertz CT molecular complexity index is 698. The predicted octanol–water partition coefficient (Wildman–Crippen LogP) is 2.30. The summed E-state index contributed by atoms with van der Waals surface area (Å²) in [5, 5.41) is 10.8. The van der Waals surface area contributed by atoms with Crippen molar-refractivity contribution in [1.29, 1.82) is 0 Å². The third kappa shape index (κ3) is 3.86. The molecule has 1 aliphatic rings. The van der Waals surface area contributed by atoms with E-state index in [-0.39, 0.29) is 5.91 Å². The van der Waals surface area contributed by atoms with Gasteiger partial charge in [-0.3, -0.25) is 9.69 Å². The highest BCUT2D eigenvalue weighted by Crippen LogP contribution is 2.24. The van der Waals surface area contributed by atoms with Crippen LogP contribution in [0.3, 0.4) is 0 Å². The minimum atomic E-state index is -0.874. The molecule has 1 aromatic carbocycles. The van der Waals surface area contributed by atoms with E-state index in [1.54, 1.807) is 24.1 Å². The molecule has 1 aliphatic heterocycles. The fraction of sp³-hybridized carbons (Fsp3) is 0.421. The van der Waals surface area contributed by atoms with Crippen molar-refractivity contribution in [3.63, 3.8) is 0 Å². The molecule has 0 aliphatic carbocycles. The summed E-state index contributed by atoms with van der Waals surface area (Å²) in [7, 11) is 1.71. The molecule has 5 nitrogen and oxygen atoms in total. The molecule has 2 aromatic rings. The molecule has 128 valence electrons. The second-order valence-electron chi connectivity index (χ2n) is 6.74. The quantitative estimate of drug-likeness (QED) is 0.915. The molecule has 0 bridgehead atoms. The van der Waals surface area contributed by atoms with Gasteiger partial charge < -0.3 is 14.4 Å². The van der Waals surface area contributed by atoms with Crippen LogP contribution in [-0.2, 0) is 6.54 Å². The number of carbonyl (C=O) groups is 1. The van der Waals surface area contributed by atoms with Crippen LogP contribution in [0.15, 0.2) is 46.9 Å². The van der Waals surface area contributed by atoms with E-state index in [4.69, 9.17) is 4.42 Å². The number of β-amino-alcohol motifs (C(OH)–C–C–N with tert-alkyl or cyclic N) is 1. The number of carbonyl (C=O) groups excluding carboxylic acids is 1. The third-order valence-electron chi connectivity index (χ3n) is 4.49. The van der Waals surface area contributed by atoms with Gasteiger partial charge in [-0.1, -0.05) is 30.3 Å². The minimum absolute atomic E-state index is 0.196. The van der Waals surface area contributed by atoms with Gasteiger partial charge in [-0.15, -0.1) is 0 Å². The van der Waals surface area contributed by atoms with E-state index in [0.29, 0.717) is 31.0 Å². The largest absolute Gasteiger partial charge is 0.456 e. The zero-order valence-corrected chi connectivity index (χ0v) is 14.2. The Balaban J connectivity index is 1.57. The van der Waals surface area contributed by atoms with Crippen molar-refractivity contribution in [2.24, 2.45) is 0 Å². The van der Waals surface area contributed by atoms with Gasteiger partial charge in [-0.25, -0.2) is 0 Å². The van der Waals surface area contributed by atoms with Gasteiger partial charge in [0.25, 0.3) is 5.91 Å². The predicted molar refractivity (Wildman–Crippen MR) is 91.7 cm³/mol. The second-order valence-corrected chi connectivity index (χ2v) is 6.74. The minimum Gasteiger partial charge on any atom is -0.456 e. The molecular formula is C19H24N2O3. The van der Waals surface area contributed by atoms with E-state index in [2.05, 4.69) is 17.0 Å². The monoisotopic (exact) mass is 328 g/mol. The Kier molecular flexibility index (Phi) is 4.73. The molecule has 1 unspecified atom stereocenters. The maximum atomic E-state index is 12.4. The van der Waals surface area contributed by atoms with Crippen LogP contribution in [-0.4, -0.2) is 53.1 Å². The third-order valence-corrected chi connectivity index (χ3v) is 4.49. The first-order valence-electron chi connectivity index (χ1n) is 8.26. The topological polar surface area (TPSA) is 56.9 Å². The van der Waals surface area contributed by atoms with Gasteiger partial charge in [0, 0.05) is 26.7 Å². The summed E-state index contributed by atoms with van der Waals surface area (Å²) in [6.45, 7) is 4.32. The number of aliphatic hydroxyl groups is 1. The smallest absolute Gasteiger partial charge is 0.289 e. The standard InChI is InChI=1S/C19H24N2O3/c1-15-8-9-17(24-15)18(22)20(2)13-19(23)10-11-21(14-19)12-16-6-4-3-5-7-16/h3-9,23H,10-14H2,1-2H3. The molecule has 2 heterocycles. The molecule has 5 heteroatoms. The van der Waals surface area contributed by atoms with Crippen LogP contribution in [0.1, 0.15) is 28.3 Å². The van der Waals surface area contributed by atoms with Gasteiger partial charge in [-0.2, -0.15) is 0 Å². The van der Waals surface area contributed by atoms with Crippen LogP contribution < -0.4 is 0 Å². The zero-order valence-electron chi connectivity index (χ0n) is 14.2. The van der Waals surface area contributed by atoms with Crippen molar-refractivity contribution in [3.05, 3.63) is 59.5 Å². The molecule has 1 fully saturated rings. The number of hydrogen-bond donors (Lipinski definition) is 1. The van der Waals surface area contributed by atoms with Crippen molar-refractivity contribution in [2.75, 3.05) is 26.7 Å². The summed E-state index contributed by atoms with van der Waals surface area (Å²) >= 11 is 0. The average molecular weight is 328 g/mol. The highest BCUT2D eigenvalue weighted by Gasteiger charge is 2.38. The molecule has 24 heavy (non-hydrogen) atoms. The van der Waals surface area contributed by atoms with Gasteiger partial charge in [0.05, 0.1) is 12.1 Å². The lowest BCUT2D eigenvalue weighted by atomic mass is 10.0. The second kappa shape index (κ2) is 6.79.